The minimum Gasteiger partial charge on any atom is -0.210 e. The van der Waals surface area contributed by atoms with E-state index in [-0.39, 0.29) is 5.41 Å². The molecular weight excluding hydrogens is 286 g/mol. The van der Waals surface area contributed by atoms with Gasteiger partial charge in [-0.1, -0.05) is 26.0 Å². The predicted molar refractivity (Wildman–Crippen MR) is 76.9 cm³/mol. The lowest BCUT2D eigenvalue weighted by Gasteiger charge is -2.23. The molecule has 0 saturated heterocycles. The average molecular weight is 301 g/mol. The van der Waals surface area contributed by atoms with E-state index in [0.29, 0.717) is 10.8 Å². The number of sulfonamides is 1. The lowest BCUT2D eigenvalue weighted by atomic mass is 9.92. The van der Waals surface area contributed by atoms with Gasteiger partial charge in [0.25, 0.3) is 0 Å². The smallest absolute Gasteiger partial charge is 0.210 e. The van der Waals surface area contributed by atoms with Crippen LogP contribution in [0.2, 0.25) is 0 Å². The molecule has 1 N–H and O–H groups in total. The zero-order chi connectivity index (χ0) is 13.2. The quantitative estimate of drug-likeness (QED) is 0.922. The van der Waals surface area contributed by atoms with E-state index in [1.807, 2.05) is 31.4 Å². The van der Waals surface area contributed by atoms with Crippen molar-refractivity contribution in [3.8, 4) is 0 Å². The fourth-order valence-electron chi connectivity index (χ4n) is 1.51. The van der Waals surface area contributed by atoms with Gasteiger partial charge in [0.2, 0.25) is 10.0 Å². The first kappa shape index (κ1) is 13.7. The molecule has 0 spiro atoms. The Hall–Kier alpha value is -0.690. The van der Waals surface area contributed by atoms with Gasteiger partial charge in [-0.2, -0.15) is 0 Å². The molecule has 0 fully saturated rings. The van der Waals surface area contributed by atoms with Gasteiger partial charge in [-0.3, -0.25) is 0 Å². The first-order valence-electron chi connectivity index (χ1n) is 5.49. The Bertz CT molecular complexity index is 583. The van der Waals surface area contributed by atoms with Gasteiger partial charge >= 0.3 is 0 Å². The molecule has 2 rings (SSSR count). The summed E-state index contributed by atoms with van der Waals surface area (Å²) in [5.41, 5.74) is -0.196. The Morgan fingerprint density at radius 1 is 1.17 bits per heavy atom. The molecule has 0 aliphatic heterocycles. The molecule has 2 heterocycles. The molecule has 0 unspecified atom stereocenters. The van der Waals surface area contributed by atoms with Crippen molar-refractivity contribution in [1.82, 2.24) is 4.72 Å². The third kappa shape index (κ3) is 3.00. The SMILES string of the molecule is CC(C)(CNS(=O)(=O)c1cccs1)c1cccs1. The molecule has 0 bridgehead atoms. The molecule has 0 atom stereocenters. The second-order valence-corrected chi connectivity index (χ2v) is 8.51. The van der Waals surface area contributed by atoms with Crippen LogP contribution in [0.1, 0.15) is 18.7 Å². The maximum atomic E-state index is 12.0. The van der Waals surface area contributed by atoms with Crippen LogP contribution in [-0.2, 0) is 15.4 Å². The van der Waals surface area contributed by atoms with Crippen molar-refractivity contribution in [2.75, 3.05) is 6.54 Å². The summed E-state index contributed by atoms with van der Waals surface area (Å²) in [6.07, 6.45) is 0. The summed E-state index contributed by atoms with van der Waals surface area (Å²) in [4.78, 5) is 1.18. The molecule has 0 aromatic carbocycles. The van der Waals surface area contributed by atoms with Crippen molar-refractivity contribution in [2.24, 2.45) is 0 Å². The highest BCUT2D eigenvalue weighted by atomic mass is 32.2. The van der Waals surface area contributed by atoms with E-state index in [4.69, 9.17) is 0 Å². The molecule has 0 aliphatic rings. The number of hydrogen-bond donors (Lipinski definition) is 1. The van der Waals surface area contributed by atoms with Crippen molar-refractivity contribution in [3.05, 3.63) is 39.9 Å². The summed E-state index contributed by atoms with van der Waals surface area (Å²) < 4.78 is 27.1. The fourth-order valence-corrected chi connectivity index (χ4v) is 4.62. The molecule has 18 heavy (non-hydrogen) atoms. The highest BCUT2D eigenvalue weighted by Crippen LogP contribution is 2.27. The molecule has 0 saturated carbocycles. The number of hydrogen-bond acceptors (Lipinski definition) is 4. The lowest BCUT2D eigenvalue weighted by molar-refractivity contribution is 0.510. The second kappa shape index (κ2) is 5.13. The predicted octanol–water partition coefficient (Wildman–Crippen LogP) is 3.07. The molecule has 0 radical (unpaired) electrons. The van der Waals surface area contributed by atoms with E-state index < -0.39 is 10.0 Å². The standard InChI is InChI=1S/C12H15NO2S3/c1-12(2,10-5-3-7-16-10)9-13-18(14,15)11-6-4-8-17-11/h3-8,13H,9H2,1-2H3. The fraction of sp³-hybridized carbons (Fsp3) is 0.333. The van der Waals surface area contributed by atoms with Gasteiger partial charge < -0.3 is 0 Å². The Kier molecular flexibility index (Phi) is 3.91. The van der Waals surface area contributed by atoms with Crippen molar-refractivity contribution in [1.29, 1.82) is 0 Å². The van der Waals surface area contributed by atoms with Gasteiger partial charge in [0.1, 0.15) is 4.21 Å². The second-order valence-electron chi connectivity index (χ2n) is 4.62. The summed E-state index contributed by atoms with van der Waals surface area (Å²) in [6, 6.07) is 7.37. The van der Waals surface area contributed by atoms with E-state index in [9.17, 15) is 8.42 Å². The summed E-state index contributed by atoms with van der Waals surface area (Å²) in [5.74, 6) is 0. The largest absolute Gasteiger partial charge is 0.250 e. The molecule has 3 nitrogen and oxygen atoms in total. The third-order valence-electron chi connectivity index (χ3n) is 2.65. The van der Waals surface area contributed by atoms with E-state index in [0.717, 1.165) is 0 Å². The van der Waals surface area contributed by atoms with Gasteiger partial charge in [0.05, 0.1) is 0 Å². The molecule has 0 amide bonds. The van der Waals surface area contributed by atoms with E-state index in [2.05, 4.69) is 4.72 Å². The average Bonchev–Trinajstić information content (AvgIpc) is 2.99. The zero-order valence-electron chi connectivity index (χ0n) is 10.2. The van der Waals surface area contributed by atoms with Gasteiger partial charge in [0.15, 0.2) is 0 Å². The van der Waals surface area contributed by atoms with Crippen molar-refractivity contribution in [3.63, 3.8) is 0 Å². The monoisotopic (exact) mass is 301 g/mol. The van der Waals surface area contributed by atoms with Crippen molar-refractivity contribution >= 4 is 32.7 Å². The van der Waals surface area contributed by atoms with Crippen LogP contribution < -0.4 is 4.72 Å². The van der Waals surface area contributed by atoms with Gasteiger partial charge in [-0.25, -0.2) is 13.1 Å². The minimum absolute atomic E-state index is 0.196. The summed E-state index contributed by atoms with van der Waals surface area (Å²) in [5, 5.41) is 3.77. The van der Waals surface area contributed by atoms with Crippen LogP contribution in [0.5, 0.6) is 0 Å². The molecular formula is C12H15NO2S3. The molecule has 2 aromatic rings. The zero-order valence-corrected chi connectivity index (χ0v) is 12.7. The van der Waals surface area contributed by atoms with Crippen molar-refractivity contribution < 1.29 is 8.42 Å². The van der Waals surface area contributed by atoms with Crippen LogP contribution in [-0.4, -0.2) is 15.0 Å². The van der Waals surface area contributed by atoms with Crippen LogP contribution in [0.15, 0.2) is 39.2 Å². The Morgan fingerprint density at radius 3 is 2.39 bits per heavy atom. The van der Waals surface area contributed by atoms with Crippen molar-refractivity contribution in [2.45, 2.75) is 23.5 Å². The maximum absolute atomic E-state index is 12.0. The number of rotatable bonds is 5. The normalized spacial score (nSPS) is 12.8. The molecule has 6 heteroatoms. The molecule has 2 aromatic heterocycles. The first-order chi connectivity index (χ1) is 8.42. The van der Waals surface area contributed by atoms with E-state index in [1.165, 1.54) is 16.2 Å². The maximum Gasteiger partial charge on any atom is 0.250 e. The number of nitrogens with one attached hydrogen (secondary N) is 1. The lowest BCUT2D eigenvalue weighted by Crippen LogP contribution is -2.35. The van der Waals surface area contributed by atoms with Crippen LogP contribution in [0.4, 0.5) is 0 Å². The van der Waals surface area contributed by atoms with E-state index in [1.54, 1.807) is 28.8 Å². The van der Waals surface area contributed by atoms with Gasteiger partial charge in [0, 0.05) is 16.8 Å². The minimum atomic E-state index is -3.37. The third-order valence-corrected chi connectivity index (χ3v) is 6.69. The first-order valence-corrected chi connectivity index (χ1v) is 8.73. The van der Waals surface area contributed by atoms with Gasteiger partial charge in [-0.05, 0) is 22.9 Å². The Balaban J connectivity index is 2.09. The van der Waals surface area contributed by atoms with E-state index >= 15 is 0 Å². The van der Waals surface area contributed by atoms with Crippen LogP contribution in [0, 0.1) is 0 Å². The van der Waals surface area contributed by atoms with Gasteiger partial charge in [-0.15, -0.1) is 22.7 Å². The highest BCUT2D eigenvalue weighted by Gasteiger charge is 2.25. The Morgan fingerprint density at radius 2 is 1.83 bits per heavy atom. The van der Waals surface area contributed by atoms with Crippen LogP contribution in [0.3, 0.4) is 0 Å². The summed E-state index contributed by atoms with van der Waals surface area (Å²) in [7, 11) is -3.37. The highest BCUT2D eigenvalue weighted by molar-refractivity contribution is 7.91. The summed E-state index contributed by atoms with van der Waals surface area (Å²) >= 11 is 2.88. The van der Waals surface area contributed by atoms with Crippen LogP contribution in [0.25, 0.3) is 0 Å². The topological polar surface area (TPSA) is 46.2 Å². The molecule has 98 valence electrons. The number of thiophene rings is 2. The summed E-state index contributed by atoms with van der Waals surface area (Å²) in [6.45, 7) is 4.47. The van der Waals surface area contributed by atoms with Crippen LogP contribution >= 0.6 is 22.7 Å². The Labute approximate surface area is 116 Å². The molecule has 0 aliphatic carbocycles.